The molecular weight excluding hydrogens is 344 g/mol. The highest BCUT2D eigenvalue weighted by Gasteiger charge is 2.10. The molecule has 0 bridgehead atoms. The second kappa shape index (κ2) is 8.24. The second-order valence-electron chi connectivity index (χ2n) is 6.49. The van der Waals surface area contributed by atoms with Crippen molar-refractivity contribution in [2.45, 2.75) is 6.42 Å². The van der Waals surface area contributed by atoms with Crippen LogP contribution in [0.25, 0.3) is 16.9 Å². The van der Waals surface area contributed by atoms with Gasteiger partial charge < -0.3 is 10.1 Å². The zero-order chi connectivity index (χ0) is 18.5. The van der Waals surface area contributed by atoms with Crippen LogP contribution in [0.4, 0.5) is 0 Å². The molecule has 1 aliphatic rings. The third kappa shape index (κ3) is 4.29. The Bertz CT molecular complexity index is 902. The highest BCUT2D eigenvalue weighted by Crippen LogP contribution is 2.18. The number of rotatable bonds is 6. The minimum absolute atomic E-state index is 0.0478. The van der Waals surface area contributed by atoms with Crippen LogP contribution < -0.4 is 5.32 Å². The van der Waals surface area contributed by atoms with Gasteiger partial charge in [0, 0.05) is 43.2 Å². The molecule has 2 aromatic heterocycles. The minimum atomic E-state index is -0.0478. The fourth-order valence-electron chi connectivity index (χ4n) is 3.11. The number of aromatic nitrogens is 4. The van der Waals surface area contributed by atoms with E-state index in [9.17, 15) is 4.79 Å². The molecule has 1 fully saturated rings. The van der Waals surface area contributed by atoms with Crippen molar-refractivity contribution < 1.29 is 9.53 Å². The number of hydrogen-bond donors (Lipinski definition) is 1. The van der Waals surface area contributed by atoms with E-state index in [1.54, 1.807) is 10.7 Å². The maximum absolute atomic E-state index is 12.3. The molecule has 3 heterocycles. The number of nitrogens with zero attached hydrogens (tertiary/aromatic N) is 5. The van der Waals surface area contributed by atoms with Crippen molar-refractivity contribution in [3.8, 4) is 11.1 Å². The van der Waals surface area contributed by atoms with Gasteiger partial charge in [0.15, 0.2) is 0 Å². The number of benzene rings is 1. The molecule has 0 aliphatic carbocycles. The number of nitrogens with one attached hydrogen (secondary N) is 1. The summed E-state index contributed by atoms with van der Waals surface area (Å²) in [5.74, 6) is 0.514. The summed E-state index contributed by atoms with van der Waals surface area (Å²) in [5.41, 5.74) is 2.55. The van der Waals surface area contributed by atoms with Crippen LogP contribution in [0, 0.1) is 0 Å². The molecule has 1 saturated heterocycles. The fourth-order valence-corrected chi connectivity index (χ4v) is 3.11. The summed E-state index contributed by atoms with van der Waals surface area (Å²) >= 11 is 0. The molecule has 3 aromatic rings. The molecule has 1 aromatic carbocycles. The van der Waals surface area contributed by atoms with E-state index in [4.69, 9.17) is 4.74 Å². The van der Waals surface area contributed by atoms with Gasteiger partial charge in [-0.25, -0.2) is 9.50 Å². The number of morpholine rings is 1. The first kappa shape index (κ1) is 17.6. The zero-order valence-corrected chi connectivity index (χ0v) is 15.0. The van der Waals surface area contributed by atoms with Crippen molar-refractivity contribution in [2.75, 3.05) is 39.4 Å². The normalized spacial score (nSPS) is 15.1. The first-order valence-electron chi connectivity index (χ1n) is 9.14. The van der Waals surface area contributed by atoms with Gasteiger partial charge in [-0.1, -0.05) is 12.1 Å². The molecule has 0 spiro atoms. The Morgan fingerprint density at radius 1 is 1.11 bits per heavy atom. The molecule has 8 nitrogen and oxygen atoms in total. The standard InChI is InChI=1S/C19H22N6O2/c26-18(20-6-1-7-24-8-10-27-11-9-24)16-4-2-15(3-5-16)17-12-21-19-22-14-23-25(19)13-17/h2-5,12-14H,1,6-11H2,(H,20,26). The summed E-state index contributed by atoms with van der Waals surface area (Å²) in [6.07, 6.45) is 6.03. The van der Waals surface area contributed by atoms with Crippen LogP contribution in [-0.4, -0.2) is 69.8 Å². The molecule has 27 heavy (non-hydrogen) atoms. The third-order valence-corrected chi connectivity index (χ3v) is 4.66. The number of carbonyl (C=O) groups excluding carboxylic acids is 1. The first-order valence-corrected chi connectivity index (χ1v) is 9.14. The van der Waals surface area contributed by atoms with Crippen molar-refractivity contribution in [3.05, 3.63) is 48.5 Å². The number of amides is 1. The summed E-state index contributed by atoms with van der Waals surface area (Å²) in [4.78, 5) is 23.0. The molecule has 8 heteroatoms. The SMILES string of the molecule is O=C(NCCCN1CCOCC1)c1ccc(-c2cnc3ncnn3c2)cc1. The van der Waals surface area contributed by atoms with E-state index in [1.807, 2.05) is 30.5 Å². The molecule has 1 aliphatic heterocycles. The van der Waals surface area contributed by atoms with Crippen LogP contribution in [0.2, 0.25) is 0 Å². The Morgan fingerprint density at radius 2 is 1.93 bits per heavy atom. The smallest absolute Gasteiger partial charge is 0.252 e. The quantitative estimate of drug-likeness (QED) is 0.661. The lowest BCUT2D eigenvalue weighted by Crippen LogP contribution is -2.38. The monoisotopic (exact) mass is 366 g/mol. The minimum Gasteiger partial charge on any atom is -0.379 e. The lowest BCUT2D eigenvalue weighted by atomic mass is 10.1. The first-order chi connectivity index (χ1) is 13.3. The Hall–Kier alpha value is -2.84. The van der Waals surface area contributed by atoms with Crippen molar-refractivity contribution in [1.82, 2.24) is 29.8 Å². The Balaban J connectivity index is 1.30. The Labute approximate surface area is 157 Å². The molecule has 140 valence electrons. The van der Waals surface area contributed by atoms with Gasteiger partial charge in [0.25, 0.3) is 11.7 Å². The highest BCUT2D eigenvalue weighted by molar-refractivity contribution is 5.94. The number of carbonyl (C=O) groups is 1. The van der Waals surface area contributed by atoms with E-state index in [2.05, 4.69) is 25.3 Å². The maximum Gasteiger partial charge on any atom is 0.252 e. The molecule has 4 rings (SSSR count). The maximum atomic E-state index is 12.3. The van der Waals surface area contributed by atoms with Gasteiger partial charge in [-0.3, -0.25) is 9.69 Å². The average molecular weight is 366 g/mol. The van der Waals surface area contributed by atoms with Gasteiger partial charge in [-0.05, 0) is 30.7 Å². The molecule has 0 unspecified atom stereocenters. The van der Waals surface area contributed by atoms with Gasteiger partial charge in [-0.2, -0.15) is 10.1 Å². The van der Waals surface area contributed by atoms with Gasteiger partial charge in [0.2, 0.25) is 0 Å². The van der Waals surface area contributed by atoms with E-state index in [0.29, 0.717) is 17.9 Å². The largest absolute Gasteiger partial charge is 0.379 e. The van der Waals surface area contributed by atoms with Crippen molar-refractivity contribution in [3.63, 3.8) is 0 Å². The summed E-state index contributed by atoms with van der Waals surface area (Å²) in [6, 6.07) is 7.50. The summed E-state index contributed by atoms with van der Waals surface area (Å²) < 4.78 is 6.97. The molecule has 0 atom stereocenters. The molecular formula is C19H22N6O2. The lowest BCUT2D eigenvalue weighted by molar-refractivity contribution is 0.0374. The van der Waals surface area contributed by atoms with Gasteiger partial charge in [0.05, 0.1) is 13.2 Å². The van der Waals surface area contributed by atoms with Gasteiger partial charge >= 0.3 is 0 Å². The summed E-state index contributed by atoms with van der Waals surface area (Å²) in [5, 5.41) is 7.08. The van der Waals surface area contributed by atoms with Crippen LogP contribution in [-0.2, 0) is 4.74 Å². The second-order valence-corrected chi connectivity index (χ2v) is 6.49. The Kier molecular flexibility index (Phi) is 5.36. The van der Waals surface area contributed by atoms with Gasteiger partial charge in [-0.15, -0.1) is 0 Å². The van der Waals surface area contributed by atoms with Crippen LogP contribution >= 0.6 is 0 Å². The van der Waals surface area contributed by atoms with Crippen molar-refractivity contribution >= 4 is 11.7 Å². The van der Waals surface area contributed by atoms with Gasteiger partial charge in [0.1, 0.15) is 6.33 Å². The lowest BCUT2D eigenvalue weighted by Gasteiger charge is -2.26. The predicted octanol–water partition coefficient (Wildman–Crippen LogP) is 1.24. The molecule has 0 radical (unpaired) electrons. The van der Waals surface area contributed by atoms with Crippen LogP contribution in [0.5, 0.6) is 0 Å². The van der Waals surface area contributed by atoms with E-state index >= 15 is 0 Å². The van der Waals surface area contributed by atoms with Crippen molar-refractivity contribution in [1.29, 1.82) is 0 Å². The number of fused-ring (bicyclic) bond motifs is 1. The van der Waals surface area contributed by atoms with E-state index in [-0.39, 0.29) is 5.91 Å². The zero-order valence-electron chi connectivity index (χ0n) is 15.0. The van der Waals surface area contributed by atoms with E-state index < -0.39 is 0 Å². The fraction of sp³-hybridized carbons (Fsp3) is 0.368. The van der Waals surface area contributed by atoms with E-state index in [0.717, 1.165) is 50.4 Å². The molecule has 1 N–H and O–H groups in total. The average Bonchev–Trinajstić information content (AvgIpc) is 3.20. The summed E-state index contributed by atoms with van der Waals surface area (Å²) in [7, 11) is 0. The molecule has 0 saturated carbocycles. The van der Waals surface area contributed by atoms with Crippen LogP contribution in [0.1, 0.15) is 16.8 Å². The van der Waals surface area contributed by atoms with E-state index in [1.165, 1.54) is 6.33 Å². The topological polar surface area (TPSA) is 84.7 Å². The Morgan fingerprint density at radius 3 is 2.74 bits per heavy atom. The van der Waals surface area contributed by atoms with Crippen LogP contribution in [0.3, 0.4) is 0 Å². The van der Waals surface area contributed by atoms with Crippen LogP contribution in [0.15, 0.2) is 43.0 Å². The summed E-state index contributed by atoms with van der Waals surface area (Å²) in [6.45, 7) is 5.22. The number of hydrogen-bond acceptors (Lipinski definition) is 6. The predicted molar refractivity (Wildman–Crippen MR) is 100 cm³/mol. The molecule has 1 amide bonds. The van der Waals surface area contributed by atoms with Crippen molar-refractivity contribution in [2.24, 2.45) is 0 Å². The highest BCUT2D eigenvalue weighted by atomic mass is 16.5. The third-order valence-electron chi connectivity index (χ3n) is 4.66. The number of ether oxygens (including phenoxy) is 1.